The summed E-state index contributed by atoms with van der Waals surface area (Å²) in [5, 5.41) is 7.73. The molecule has 1 amide bonds. The van der Waals surface area contributed by atoms with Gasteiger partial charge >= 0.3 is 0 Å². The van der Waals surface area contributed by atoms with Crippen molar-refractivity contribution in [2.24, 2.45) is 0 Å². The molecule has 0 spiro atoms. The third kappa shape index (κ3) is 2.68. The van der Waals surface area contributed by atoms with Gasteiger partial charge in [-0.05, 0) is 35.7 Å². The highest BCUT2D eigenvalue weighted by molar-refractivity contribution is 9.10. The van der Waals surface area contributed by atoms with Crippen molar-refractivity contribution in [1.29, 1.82) is 0 Å². The first-order chi connectivity index (χ1) is 12.1. The van der Waals surface area contributed by atoms with Crippen molar-refractivity contribution in [2.75, 3.05) is 0 Å². The molecule has 0 bridgehead atoms. The number of benzene rings is 2. The van der Waals surface area contributed by atoms with E-state index in [1.54, 1.807) is 0 Å². The Labute approximate surface area is 155 Å². The maximum absolute atomic E-state index is 12.5. The predicted molar refractivity (Wildman–Crippen MR) is 101 cm³/mol. The maximum atomic E-state index is 12.5. The van der Waals surface area contributed by atoms with Crippen LogP contribution in [0.4, 0.5) is 0 Å². The van der Waals surface area contributed by atoms with Crippen LogP contribution in [0.3, 0.4) is 0 Å². The SMILES string of the molecule is CC(C)c1c2c(nn1-c1ccccc1)C(=O)NC2c1ccc(Br)cc1. The number of nitrogens with zero attached hydrogens (tertiary/aromatic N) is 2. The average molecular weight is 396 g/mol. The number of fused-ring (bicyclic) bond motifs is 1. The second kappa shape index (κ2) is 6.15. The summed E-state index contributed by atoms with van der Waals surface area (Å²) < 4.78 is 2.93. The van der Waals surface area contributed by atoms with Gasteiger partial charge in [0.15, 0.2) is 5.69 Å². The summed E-state index contributed by atoms with van der Waals surface area (Å²) in [5.41, 5.74) is 4.63. The fraction of sp³-hybridized carbons (Fsp3) is 0.200. The molecule has 1 atom stereocenters. The van der Waals surface area contributed by atoms with Crippen LogP contribution in [0, 0.1) is 0 Å². The Morgan fingerprint density at radius 1 is 1.08 bits per heavy atom. The van der Waals surface area contributed by atoms with Gasteiger partial charge in [0, 0.05) is 10.0 Å². The van der Waals surface area contributed by atoms with Crippen LogP contribution in [0.15, 0.2) is 59.1 Å². The van der Waals surface area contributed by atoms with Gasteiger partial charge in [0.05, 0.1) is 17.4 Å². The molecule has 2 heterocycles. The summed E-state index contributed by atoms with van der Waals surface area (Å²) in [6.07, 6.45) is 0. The van der Waals surface area contributed by atoms with Gasteiger partial charge in [-0.2, -0.15) is 5.10 Å². The molecule has 4 rings (SSSR count). The number of halogens is 1. The smallest absolute Gasteiger partial charge is 0.272 e. The van der Waals surface area contributed by atoms with Crippen molar-refractivity contribution < 1.29 is 4.79 Å². The van der Waals surface area contributed by atoms with E-state index < -0.39 is 0 Å². The topological polar surface area (TPSA) is 46.9 Å². The van der Waals surface area contributed by atoms with Crippen molar-refractivity contribution in [3.05, 3.63) is 81.6 Å². The van der Waals surface area contributed by atoms with E-state index in [0.717, 1.165) is 27.0 Å². The molecule has 2 aromatic carbocycles. The minimum atomic E-state index is -0.162. The van der Waals surface area contributed by atoms with Gasteiger partial charge in [-0.3, -0.25) is 4.79 Å². The quantitative estimate of drug-likeness (QED) is 0.704. The summed E-state index contributed by atoms with van der Waals surface area (Å²) in [4.78, 5) is 12.5. The van der Waals surface area contributed by atoms with Crippen molar-refractivity contribution >= 4 is 21.8 Å². The van der Waals surface area contributed by atoms with Gasteiger partial charge in [-0.1, -0.05) is 60.1 Å². The number of rotatable bonds is 3. The van der Waals surface area contributed by atoms with Crippen LogP contribution in [0.5, 0.6) is 0 Å². The third-order valence-corrected chi connectivity index (χ3v) is 5.02. The normalized spacial score (nSPS) is 16.2. The standard InChI is InChI=1S/C20H18BrN3O/c1-12(2)19-16-17(13-8-10-14(21)11-9-13)22-20(25)18(16)23-24(19)15-6-4-3-5-7-15/h3-12,17H,1-2H3,(H,22,25). The zero-order chi connectivity index (χ0) is 17.6. The molecule has 0 saturated carbocycles. The van der Waals surface area contributed by atoms with Crippen molar-refractivity contribution in [3.63, 3.8) is 0 Å². The van der Waals surface area contributed by atoms with Crippen molar-refractivity contribution in [3.8, 4) is 5.69 Å². The highest BCUT2D eigenvalue weighted by atomic mass is 79.9. The molecular weight excluding hydrogens is 378 g/mol. The van der Waals surface area contributed by atoms with Gasteiger partial charge in [0.2, 0.25) is 0 Å². The van der Waals surface area contributed by atoms with Crippen LogP contribution < -0.4 is 5.32 Å². The highest BCUT2D eigenvalue weighted by Gasteiger charge is 2.37. The van der Waals surface area contributed by atoms with Crippen LogP contribution in [0.1, 0.15) is 53.1 Å². The fourth-order valence-corrected chi connectivity index (χ4v) is 3.66. The lowest BCUT2D eigenvalue weighted by Crippen LogP contribution is -2.22. The minimum Gasteiger partial charge on any atom is -0.340 e. The fourth-order valence-electron chi connectivity index (χ4n) is 3.39. The highest BCUT2D eigenvalue weighted by Crippen LogP contribution is 2.37. The Balaban J connectivity index is 1.91. The predicted octanol–water partition coefficient (Wildman–Crippen LogP) is 4.59. The molecule has 1 aromatic heterocycles. The molecule has 3 aromatic rings. The van der Waals surface area contributed by atoms with E-state index in [-0.39, 0.29) is 17.9 Å². The summed E-state index contributed by atoms with van der Waals surface area (Å²) in [6, 6.07) is 17.9. The maximum Gasteiger partial charge on any atom is 0.272 e. The zero-order valence-electron chi connectivity index (χ0n) is 14.0. The summed E-state index contributed by atoms with van der Waals surface area (Å²) >= 11 is 3.47. The second-order valence-corrected chi connectivity index (χ2v) is 7.42. The molecular formula is C20H18BrN3O. The lowest BCUT2D eigenvalue weighted by atomic mass is 9.95. The van der Waals surface area contributed by atoms with E-state index in [0.29, 0.717) is 5.69 Å². The number of amides is 1. The largest absolute Gasteiger partial charge is 0.340 e. The average Bonchev–Trinajstić information content (AvgIpc) is 3.15. The van der Waals surface area contributed by atoms with Gasteiger partial charge in [-0.15, -0.1) is 0 Å². The first-order valence-corrected chi connectivity index (χ1v) is 9.10. The Morgan fingerprint density at radius 2 is 1.76 bits per heavy atom. The summed E-state index contributed by atoms with van der Waals surface area (Å²) in [7, 11) is 0. The van der Waals surface area contributed by atoms with E-state index in [2.05, 4.69) is 40.2 Å². The lowest BCUT2D eigenvalue weighted by Gasteiger charge is -2.18. The Morgan fingerprint density at radius 3 is 2.40 bits per heavy atom. The molecule has 1 aliphatic rings. The van der Waals surface area contributed by atoms with E-state index in [9.17, 15) is 4.79 Å². The van der Waals surface area contributed by atoms with Crippen LogP contribution in [0.2, 0.25) is 0 Å². The number of aromatic nitrogens is 2. The molecule has 1 aliphatic heterocycles. The molecule has 4 nitrogen and oxygen atoms in total. The third-order valence-electron chi connectivity index (χ3n) is 4.49. The Bertz CT molecular complexity index is 930. The molecule has 5 heteroatoms. The molecule has 25 heavy (non-hydrogen) atoms. The monoisotopic (exact) mass is 395 g/mol. The van der Waals surface area contributed by atoms with Crippen LogP contribution in [0.25, 0.3) is 5.69 Å². The van der Waals surface area contributed by atoms with E-state index in [1.807, 2.05) is 59.3 Å². The Kier molecular flexibility index (Phi) is 3.96. The number of carbonyl (C=O) groups is 1. The van der Waals surface area contributed by atoms with Gasteiger partial charge < -0.3 is 5.32 Å². The Hall–Kier alpha value is -2.40. The molecule has 0 fully saturated rings. The molecule has 1 N–H and O–H groups in total. The molecule has 1 unspecified atom stereocenters. The molecule has 0 aliphatic carbocycles. The van der Waals surface area contributed by atoms with Crippen LogP contribution in [-0.4, -0.2) is 15.7 Å². The second-order valence-electron chi connectivity index (χ2n) is 6.51. The van der Waals surface area contributed by atoms with Gasteiger partial charge in [-0.25, -0.2) is 4.68 Å². The minimum absolute atomic E-state index is 0.112. The molecule has 0 radical (unpaired) electrons. The van der Waals surface area contributed by atoms with Crippen LogP contribution >= 0.6 is 15.9 Å². The van der Waals surface area contributed by atoms with E-state index in [1.165, 1.54) is 0 Å². The lowest BCUT2D eigenvalue weighted by molar-refractivity contribution is 0.0955. The zero-order valence-corrected chi connectivity index (χ0v) is 15.6. The van der Waals surface area contributed by atoms with Gasteiger partial charge in [0.1, 0.15) is 0 Å². The van der Waals surface area contributed by atoms with E-state index in [4.69, 9.17) is 0 Å². The number of carbonyl (C=O) groups excluding carboxylic acids is 1. The van der Waals surface area contributed by atoms with Crippen molar-refractivity contribution in [1.82, 2.24) is 15.1 Å². The molecule has 0 saturated heterocycles. The number of para-hydroxylation sites is 1. The first-order valence-electron chi connectivity index (χ1n) is 8.31. The number of hydrogen-bond acceptors (Lipinski definition) is 2. The summed E-state index contributed by atoms with van der Waals surface area (Å²) in [5.74, 6) is 0.126. The van der Waals surface area contributed by atoms with Crippen LogP contribution in [-0.2, 0) is 0 Å². The first kappa shape index (κ1) is 16.1. The summed E-state index contributed by atoms with van der Waals surface area (Å²) in [6.45, 7) is 4.27. The van der Waals surface area contributed by atoms with E-state index >= 15 is 0 Å². The number of hydrogen-bond donors (Lipinski definition) is 1. The molecule has 126 valence electrons. The number of nitrogens with one attached hydrogen (secondary N) is 1. The van der Waals surface area contributed by atoms with Gasteiger partial charge in [0.25, 0.3) is 5.91 Å². The van der Waals surface area contributed by atoms with Crippen molar-refractivity contribution in [2.45, 2.75) is 25.8 Å².